The van der Waals surface area contributed by atoms with Gasteiger partial charge in [0.15, 0.2) is 0 Å². The third-order valence-corrected chi connectivity index (χ3v) is 3.37. The highest BCUT2D eigenvalue weighted by Gasteiger charge is 2.16. The zero-order chi connectivity index (χ0) is 14.7. The van der Waals surface area contributed by atoms with Gasteiger partial charge in [0.2, 0.25) is 0 Å². The average molecular weight is 267 g/mol. The number of amides is 1. The number of carbonyl (C=O) groups is 1. The highest BCUT2D eigenvalue weighted by molar-refractivity contribution is 5.95. The van der Waals surface area contributed by atoms with E-state index in [9.17, 15) is 4.79 Å². The van der Waals surface area contributed by atoms with Crippen LogP contribution in [-0.2, 0) is 6.54 Å². The second-order valence-electron chi connectivity index (χ2n) is 4.74. The summed E-state index contributed by atoms with van der Waals surface area (Å²) in [5.41, 5.74) is 9.28. The molecule has 20 heavy (non-hydrogen) atoms. The van der Waals surface area contributed by atoms with Crippen LogP contribution in [0.4, 0.5) is 0 Å². The second-order valence-corrected chi connectivity index (χ2v) is 4.74. The maximum atomic E-state index is 11.5. The predicted molar refractivity (Wildman–Crippen MR) is 78.1 cm³/mol. The number of nitrogens with two attached hydrogens (primary N) is 1. The van der Waals surface area contributed by atoms with E-state index in [0.29, 0.717) is 11.1 Å². The molecule has 0 aliphatic rings. The fraction of sp³-hybridized carbons (Fsp3) is 0.250. The maximum Gasteiger partial charge on any atom is 0.250 e. The van der Waals surface area contributed by atoms with Crippen LogP contribution < -0.4 is 5.73 Å². The van der Waals surface area contributed by atoms with Gasteiger partial charge < -0.3 is 10.3 Å². The molecule has 1 heterocycles. The van der Waals surface area contributed by atoms with Gasteiger partial charge in [0.25, 0.3) is 5.91 Å². The maximum absolute atomic E-state index is 11.5. The molecule has 1 aromatic carbocycles. The van der Waals surface area contributed by atoms with Crippen molar-refractivity contribution in [3.05, 3.63) is 47.2 Å². The molecule has 0 aliphatic carbocycles. The van der Waals surface area contributed by atoms with Gasteiger partial charge in [-0.25, -0.2) is 0 Å². The summed E-state index contributed by atoms with van der Waals surface area (Å²) in [6.07, 6.45) is 0.957. The molecule has 0 radical (unpaired) electrons. The average Bonchev–Trinajstić information content (AvgIpc) is 2.77. The first kappa shape index (κ1) is 13.9. The number of nitriles is 1. The van der Waals surface area contributed by atoms with Crippen LogP contribution in [0.15, 0.2) is 30.3 Å². The Hall–Kier alpha value is -2.54. The van der Waals surface area contributed by atoms with E-state index in [1.165, 1.54) is 0 Å². The molecule has 0 saturated heterocycles. The fourth-order valence-corrected chi connectivity index (χ4v) is 2.39. The number of hydrogen-bond donors (Lipinski definition) is 1. The molecule has 1 aromatic heterocycles. The van der Waals surface area contributed by atoms with Crippen LogP contribution in [0.5, 0.6) is 0 Å². The fourth-order valence-electron chi connectivity index (χ4n) is 2.39. The molecular weight excluding hydrogens is 250 g/mol. The number of carbonyl (C=O) groups excluding carboxylic acids is 1. The minimum Gasteiger partial charge on any atom is -0.366 e. The Morgan fingerprint density at radius 2 is 2.15 bits per heavy atom. The predicted octanol–water partition coefficient (Wildman–Crippen LogP) is 2.84. The van der Waals surface area contributed by atoms with Gasteiger partial charge in [-0.3, -0.25) is 4.79 Å². The zero-order valence-electron chi connectivity index (χ0n) is 11.7. The lowest BCUT2D eigenvalue weighted by molar-refractivity contribution is 0.0999. The van der Waals surface area contributed by atoms with Crippen molar-refractivity contribution >= 4 is 5.91 Å². The highest BCUT2D eigenvalue weighted by Crippen LogP contribution is 2.26. The van der Waals surface area contributed by atoms with Crippen molar-refractivity contribution in [2.45, 2.75) is 26.8 Å². The number of rotatable bonds is 4. The molecular formula is C16H17N3O. The van der Waals surface area contributed by atoms with E-state index in [2.05, 4.69) is 17.6 Å². The molecule has 0 unspecified atom stereocenters. The van der Waals surface area contributed by atoms with Gasteiger partial charge in [-0.05, 0) is 37.1 Å². The molecule has 2 aromatic rings. The highest BCUT2D eigenvalue weighted by atomic mass is 16.1. The Balaban J connectivity index is 2.63. The van der Waals surface area contributed by atoms with Crippen molar-refractivity contribution in [1.29, 1.82) is 5.26 Å². The molecule has 4 heteroatoms. The van der Waals surface area contributed by atoms with Crippen molar-refractivity contribution in [3.8, 4) is 17.3 Å². The molecule has 0 fully saturated rings. The molecule has 2 N–H and O–H groups in total. The lowest BCUT2D eigenvalue weighted by Gasteiger charge is -2.10. The van der Waals surface area contributed by atoms with E-state index < -0.39 is 5.91 Å². The normalized spacial score (nSPS) is 10.2. The van der Waals surface area contributed by atoms with Gasteiger partial charge >= 0.3 is 0 Å². The van der Waals surface area contributed by atoms with Crippen LogP contribution in [0, 0.1) is 18.3 Å². The Kier molecular flexibility index (Phi) is 3.90. The van der Waals surface area contributed by atoms with Gasteiger partial charge in [0, 0.05) is 17.9 Å². The molecule has 0 aliphatic heterocycles. The lowest BCUT2D eigenvalue weighted by atomic mass is 10.1. The molecule has 0 spiro atoms. The largest absolute Gasteiger partial charge is 0.366 e. The second kappa shape index (κ2) is 5.62. The number of nitrogens with zero attached hydrogens (tertiary/aromatic N) is 2. The molecule has 4 nitrogen and oxygen atoms in total. The van der Waals surface area contributed by atoms with Crippen molar-refractivity contribution in [3.63, 3.8) is 0 Å². The third kappa shape index (κ3) is 2.43. The van der Waals surface area contributed by atoms with Crippen molar-refractivity contribution < 1.29 is 4.79 Å². The SMILES string of the molecule is CCCn1c(-c2cccc(C#N)c2)cc(C(N)=O)c1C. The topological polar surface area (TPSA) is 71.8 Å². The van der Waals surface area contributed by atoms with Gasteiger partial charge in [0.1, 0.15) is 0 Å². The van der Waals surface area contributed by atoms with Crippen LogP contribution in [0.1, 0.15) is 35.0 Å². The van der Waals surface area contributed by atoms with Crippen molar-refractivity contribution in [1.82, 2.24) is 4.57 Å². The first-order valence-corrected chi connectivity index (χ1v) is 6.59. The summed E-state index contributed by atoms with van der Waals surface area (Å²) >= 11 is 0. The summed E-state index contributed by atoms with van der Waals surface area (Å²) in [5.74, 6) is -0.421. The van der Waals surface area contributed by atoms with E-state index in [-0.39, 0.29) is 0 Å². The Morgan fingerprint density at radius 1 is 1.40 bits per heavy atom. The summed E-state index contributed by atoms with van der Waals surface area (Å²) in [7, 11) is 0. The molecule has 0 bridgehead atoms. The first-order valence-electron chi connectivity index (χ1n) is 6.59. The number of benzene rings is 1. The van der Waals surface area contributed by atoms with Crippen LogP contribution >= 0.6 is 0 Å². The number of aromatic nitrogens is 1. The smallest absolute Gasteiger partial charge is 0.250 e. The summed E-state index contributed by atoms with van der Waals surface area (Å²) in [6, 6.07) is 11.3. The van der Waals surface area contributed by atoms with Crippen molar-refractivity contribution in [2.24, 2.45) is 5.73 Å². The van der Waals surface area contributed by atoms with E-state index in [1.54, 1.807) is 6.07 Å². The minimum atomic E-state index is -0.421. The van der Waals surface area contributed by atoms with Crippen LogP contribution in [0.3, 0.4) is 0 Å². The summed E-state index contributed by atoms with van der Waals surface area (Å²) in [5, 5.41) is 9.00. The molecule has 0 atom stereocenters. The van der Waals surface area contributed by atoms with E-state index in [4.69, 9.17) is 11.0 Å². The van der Waals surface area contributed by atoms with E-state index in [1.807, 2.05) is 31.2 Å². The van der Waals surface area contributed by atoms with Gasteiger partial charge in [-0.1, -0.05) is 19.1 Å². The van der Waals surface area contributed by atoms with Gasteiger partial charge in [-0.2, -0.15) is 5.26 Å². The van der Waals surface area contributed by atoms with Crippen LogP contribution in [0.2, 0.25) is 0 Å². The summed E-state index contributed by atoms with van der Waals surface area (Å²) in [4.78, 5) is 11.5. The molecule has 1 amide bonds. The lowest BCUT2D eigenvalue weighted by Crippen LogP contribution is -2.12. The summed E-state index contributed by atoms with van der Waals surface area (Å²) < 4.78 is 2.08. The summed E-state index contributed by atoms with van der Waals surface area (Å²) in [6.45, 7) is 4.79. The standard InChI is InChI=1S/C16H17N3O/c1-3-7-19-11(2)14(16(18)20)9-15(19)13-6-4-5-12(8-13)10-17/h4-6,8-9H,3,7H2,1-2H3,(H2,18,20). The molecule has 0 saturated carbocycles. The zero-order valence-corrected chi connectivity index (χ0v) is 11.7. The van der Waals surface area contributed by atoms with E-state index in [0.717, 1.165) is 29.9 Å². The molecule has 2 rings (SSSR count). The first-order chi connectivity index (χ1) is 9.58. The Labute approximate surface area is 118 Å². The Bertz CT molecular complexity index is 692. The minimum absolute atomic E-state index is 0.421. The van der Waals surface area contributed by atoms with Crippen LogP contribution in [0.25, 0.3) is 11.3 Å². The van der Waals surface area contributed by atoms with Crippen LogP contribution in [-0.4, -0.2) is 10.5 Å². The molecule has 102 valence electrons. The third-order valence-electron chi connectivity index (χ3n) is 3.37. The quantitative estimate of drug-likeness (QED) is 0.925. The number of primary amides is 1. The monoisotopic (exact) mass is 267 g/mol. The van der Waals surface area contributed by atoms with Gasteiger partial charge in [0.05, 0.1) is 17.2 Å². The Morgan fingerprint density at radius 3 is 2.75 bits per heavy atom. The van der Waals surface area contributed by atoms with E-state index >= 15 is 0 Å². The van der Waals surface area contributed by atoms with Gasteiger partial charge in [-0.15, -0.1) is 0 Å². The van der Waals surface area contributed by atoms with Crippen molar-refractivity contribution in [2.75, 3.05) is 0 Å². The number of hydrogen-bond acceptors (Lipinski definition) is 2.